The quantitative estimate of drug-likeness (QED) is 0.746. The third-order valence-corrected chi connectivity index (χ3v) is 2.85. The molecule has 1 N–H and O–H groups in total. The van der Waals surface area contributed by atoms with Gasteiger partial charge in [-0.15, -0.1) is 0 Å². The van der Waals surface area contributed by atoms with Crippen molar-refractivity contribution in [3.05, 3.63) is 0 Å². The molecule has 15 heavy (non-hydrogen) atoms. The number of carbonyl (C=O) groups excluding carboxylic acids is 1. The number of nitrogens with one attached hydrogen (secondary N) is 1. The Hall–Kier alpha value is -1.08. The summed E-state index contributed by atoms with van der Waals surface area (Å²) in [6, 6.07) is 2.25. The van der Waals surface area contributed by atoms with Crippen LogP contribution >= 0.6 is 0 Å². The van der Waals surface area contributed by atoms with Gasteiger partial charge < -0.3 is 10.2 Å². The molecule has 4 nitrogen and oxygen atoms in total. The SMILES string of the molecule is CCC(C#N)C(=O)NC1CCCN(C)C1. The molecule has 1 aliphatic heterocycles. The third-order valence-electron chi connectivity index (χ3n) is 2.85. The van der Waals surface area contributed by atoms with Crippen LogP contribution in [0.4, 0.5) is 0 Å². The summed E-state index contributed by atoms with van der Waals surface area (Å²) in [4.78, 5) is 13.8. The molecule has 1 saturated heterocycles. The second-order valence-electron chi connectivity index (χ2n) is 4.20. The number of rotatable bonds is 3. The molecule has 0 radical (unpaired) electrons. The maximum absolute atomic E-state index is 11.6. The maximum atomic E-state index is 11.6. The van der Waals surface area contributed by atoms with Gasteiger partial charge in [-0.05, 0) is 32.9 Å². The van der Waals surface area contributed by atoms with Crippen LogP contribution in [0.5, 0.6) is 0 Å². The fourth-order valence-electron chi connectivity index (χ4n) is 1.92. The predicted octanol–water partition coefficient (Wildman–Crippen LogP) is 0.747. The molecule has 1 heterocycles. The van der Waals surface area contributed by atoms with Crippen molar-refractivity contribution < 1.29 is 4.79 Å². The number of hydrogen-bond acceptors (Lipinski definition) is 3. The van der Waals surface area contributed by atoms with Crippen LogP contribution in [0.3, 0.4) is 0 Å². The zero-order chi connectivity index (χ0) is 11.3. The van der Waals surface area contributed by atoms with E-state index in [-0.39, 0.29) is 11.9 Å². The number of amides is 1. The molecule has 1 aliphatic rings. The van der Waals surface area contributed by atoms with E-state index in [4.69, 9.17) is 5.26 Å². The number of nitrogens with zero attached hydrogens (tertiary/aromatic N) is 2. The minimum atomic E-state index is -0.489. The molecule has 1 fully saturated rings. The first-order valence-electron chi connectivity index (χ1n) is 5.56. The summed E-state index contributed by atoms with van der Waals surface area (Å²) in [5.74, 6) is -0.600. The van der Waals surface area contributed by atoms with Crippen molar-refractivity contribution in [1.29, 1.82) is 5.26 Å². The van der Waals surface area contributed by atoms with Gasteiger partial charge in [-0.2, -0.15) is 5.26 Å². The van der Waals surface area contributed by atoms with Gasteiger partial charge in [0.05, 0.1) is 6.07 Å². The van der Waals surface area contributed by atoms with Gasteiger partial charge in [0, 0.05) is 12.6 Å². The topological polar surface area (TPSA) is 56.1 Å². The Bertz CT molecular complexity index is 259. The maximum Gasteiger partial charge on any atom is 0.237 e. The highest BCUT2D eigenvalue weighted by Crippen LogP contribution is 2.09. The van der Waals surface area contributed by atoms with Crippen LogP contribution in [0.15, 0.2) is 0 Å². The molecule has 1 rings (SSSR count). The standard InChI is InChI=1S/C11H19N3O/c1-3-9(7-12)11(15)13-10-5-4-6-14(2)8-10/h9-10H,3-6,8H2,1-2H3,(H,13,15). The normalized spacial score (nSPS) is 24.2. The smallest absolute Gasteiger partial charge is 0.237 e. The van der Waals surface area contributed by atoms with Crippen LogP contribution in [0.1, 0.15) is 26.2 Å². The number of carbonyl (C=O) groups is 1. The molecule has 0 aliphatic carbocycles. The summed E-state index contributed by atoms with van der Waals surface area (Å²) in [5, 5.41) is 11.7. The highest BCUT2D eigenvalue weighted by atomic mass is 16.1. The van der Waals surface area contributed by atoms with Crippen LogP contribution in [-0.4, -0.2) is 37.0 Å². The van der Waals surface area contributed by atoms with Gasteiger partial charge in [0.15, 0.2) is 0 Å². The van der Waals surface area contributed by atoms with Crippen LogP contribution in [0.25, 0.3) is 0 Å². The van der Waals surface area contributed by atoms with Crippen molar-refractivity contribution in [2.45, 2.75) is 32.2 Å². The lowest BCUT2D eigenvalue weighted by Crippen LogP contribution is -2.47. The molecule has 0 aromatic carbocycles. The zero-order valence-electron chi connectivity index (χ0n) is 9.49. The lowest BCUT2D eigenvalue weighted by atomic mass is 10.0. The minimum absolute atomic E-state index is 0.111. The van der Waals surface area contributed by atoms with Crippen LogP contribution in [0.2, 0.25) is 0 Å². The molecule has 0 spiro atoms. The largest absolute Gasteiger partial charge is 0.351 e. The Labute approximate surface area is 91.2 Å². The molecular formula is C11H19N3O. The summed E-state index contributed by atoms with van der Waals surface area (Å²) >= 11 is 0. The van der Waals surface area contributed by atoms with E-state index in [0.717, 1.165) is 25.9 Å². The van der Waals surface area contributed by atoms with Gasteiger partial charge >= 0.3 is 0 Å². The Kier molecular flexibility index (Phi) is 4.57. The first-order valence-corrected chi connectivity index (χ1v) is 5.56. The number of nitriles is 1. The molecule has 4 heteroatoms. The molecule has 0 aromatic rings. The highest BCUT2D eigenvalue weighted by Gasteiger charge is 2.22. The van der Waals surface area contributed by atoms with Gasteiger partial charge in [-0.1, -0.05) is 6.92 Å². The van der Waals surface area contributed by atoms with E-state index in [0.29, 0.717) is 6.42 Å². The number of piperidine rings is 1. The highest BCUT2D eigenvalue weighted by molar-refractivity contribution is 5.81. The Morgan fingerprint density at radius 1 is 1.73 bits per heavy atom. The number of likely N-dealkylation sites (tertiary alicyclic amines) is 1. The Balaban J connectivity index is 2.40. The fourth-order valence-corrected chi connectivity index (χ4v) is 1.92. The van der Waals surface area contributed by atoms with Gasteiger partial charge in [-0.3, -0.25) is 4.79 Å². The predicted molar refractivity (Wildman–Crippen MR) is 58.1 cm³/mol. The van der Waals surface area contributed by atoms with Crippen LogP contribution in [0, 0.1) is 17.2 Å². The summed E-state index contributed by atoms with van der Waals surface area (Å²) in [6.45, 7) is 3.86. The first kappa shape index (κ1) is 12.0. The summed E-state index contributed by atoms with van der Waals surface area (Å²) in [7, 11) is 2.06. The Morgan fingerprint density at radius 2 is 2.47 bits per heavy atom. The number of hydrogen-bond donors (Lipinski definition) is 1. The van der Waals surface area contributed by atoms with Gasteiger partial charge in [0.2, 0.25) is 5.91 Å². The molecule has 0 bridgehead atoms. The van der Waals surface area contributed by atoms with Crippen molar-refractivity contribution in [2.24, 2.45) is 5.92 Å². The monoisotopic (exact) mass is 209 g/mol. The van der Waals surface area contributed by atoms with Gasteiger partial charge in [0.1, 0.15) is 5.92 Å². The van der Waals surface area contributed by atoms with Crippen molar-refractivity contribution in [1.82, 2.24) is 10.2 Å². The second kappa shape index (κ2) is 5.72. The zero-order valence-corrected chi connectivity index (χ0v) is 9.49. The fraction of sp³-hybridized carbons (Fsp3) is 0.818. The van der Waals surface area contributed by atoms with Crippen molar-refractivity contribution in [3.8, 4) is 6.07 Å². The minimum Gasteiger partial charge on any atom is -0.351 e. The second-order valence-corrected chi connectivity index (χ2v) is 4.20. The van der Waals surface area contributed by atoms with E-state index in [1.165, 1.54) is 0 Å². The van der Waals surface area contributed by atoms with Gasteiger partial charge in [0.25, 0.3) is 0 Å². The van der Waals surface area contributed by atoms with E-state index in [2.05, 4.69) is 17.3 Å². The van der Waals surface area contributed by atoms with Crippen molar-refractivity contribution >= 4 is 5.91 Å². The average molecular weight is 209 g/mol. The van der Waals surface area contributed by atoms with E-state index >= 15 is 0 Å². The van der Waals surface area contributed by atoms with E-state index in [1.54, 1.807) is 0 Å². The molecule has 0 aromatic heterocycles. The van der Waals surface area contributed by atoms with Crippen LogP contribution in [-0.2, 0) is 4.79 Å². The summed E-state index contributed by atoms with van der Waals surface area (Å²) in [5.41, 5.74) is 0. The first-order chi connectivity index (χ1) is 7.17. The van der Waals surface area contributed by atoms with Crippen LogP contribution < -0.4 is 5.32 Å². The van der Waals surface area contributed by atoms with Gasteiger partial charge in [-0.25, -0.2) is 0 Å². The van der Waals surface area contributed by atoms with E-state index in [1.807, 2.05) is 13.0 Å². The summed E-state index contributed by atoms with van der Waals surface area (Å²) in [6.07, 6.45) is 2.73. The average Bonchev–Trinajstić information content (AvgIpc) is 2.19. The lowest BCUT2D eigenvalue weighted by Gasteiger charge is -2.30. The number of likely N-dealkylation sites (N-methyl/N-ethyl adjacent to an activating group) is 1. The molecular weight excluding hydrogens is 190 g/mol. The molecule has 0 saturated carbocycles. The third kappa shape index (κ3) is 3.52. The Morgan fingerprint density at radius 3 is 3.00 bits per heavy atom. The van der Waals surface area contributed by atoms with Crippen molar-refractivity contribution in [2.75, 3.05) is 20.1 Å². The molecule has 84 valence electrons. The molecule has 2 atom stereocenters. The lowest BCUT2D eigenvalue weighted by molar-refractivity contribution is -0.124. The molecule has 2 unspecified atom stereocenters. The van der Waals surface area contributed by atoms with E-state index in [9.17, 15) is 4.79 Å². The van der Waals surface area contributed by atoms with Crippen molar-refractivity contribution in [3.63, 3.8) is 0 Å². The summed E-state index contributed by atoms with van der Waals surface area (Å²) < 4.78 is 0. The van der Waals surface area contributed by atoms with E-state index < -0.39 is 5.92 Å². The molecule has 1 amide bonds.